The van der Waals surface area contributed by atoms with Gasteiger partial charge in [-0.15, -0.1) is 0 Å². The van der Waals surface area contributed by atoms with Gasteiger partial charge in [0.1, 0.15) is 11.8 Å². The van der Waals surface area contributed by atoms with Crippen molar-refractivity contribution in [2.75, 3.05) is 0 Å². The van der Waals surface area contributed by atoms with Gasteiger partial charge in [-0.05, 0) is 18.1 Å². The van der Waals surface area contributed by atoms with E-state index in [-0.39, 0.29) is 0 Å². The fraction of sp³-hybridized carbons (Fsp3) is 0.0769. The maximum Gasteiger partial charge on any atom is 0.145 e. The van der Waals surface area contributed by atoms with E-state index in [0.29, 0.717) is 5.69 Å². The molecule has 1 aliphatic rings. The Morgan fingerprint density at radius 2 is 2.13 bits per heavy atom. The van der Waals surface area contributed by atoms with Crippen LogP contribution in [0, 0.1) is 11.3 Å². The van der Waals surface area contributed by atoms with Gasteiger partial charge in [-0.3, -0.25) is 0 Å². The third-order valence-electron chi connectivity index (χ3n) is 2.75. The van der Waals surface area contributed by atoms with E-state index in [9.17, 15) is 0 Å². The van der Waals surface area contributed by atoms with E-state index in [2.05, 4.69) is 29.3 Å². The summed E-state index contributed by atoms with van der Waals surface area (Å²) in [5.74, 6) is 0. The lowest BCUT2D eigenvalue weighted by Crippen LogP contribution is -1.94. The van der Waals surface area contributed by atoms with Crippen LogP contribution in [0.1, 0.15) is 16.8 Å². The predicted octanol–water partition coefficient (Wildman–Crippen LogP) is 2.68. The highest BCUT2D eigenvalue weighted by Gasteiger charge is 2.14. The zero-order chi connectivity index (χ0) is 10.3. The lowest BCUT2D eigenvalue weighted by Gasteiger charge is -2.05. The first-order valence-corrected chi connectivity index (χ1v) is 4.88. The second-order valence-corrected chi connectivity index (χ2v) is 3.59. The van der Waals surface area contributed by atoms with E-state index in [0.717, 1.165) is 28.5 Å². The lowest BCUT2D eigenvalue weighted by molar-refractivity contribution is 1.20. The molecule has 1 aliphatic carbocycles. The van der Waals surface area contributed by atoms with E-state index in [1.807, 2.05) is 18.2 Å². The number of fused-ring (bicyclic) bond motifs is 3. The number of allylic oxidation sites excluding steroid dienone is 1. The van der Waals surface area contributed by atoms with Crippen molar-refractivity contribution < 1.29 is 0 Å². The minimum absolute atomic E-state index is 0.564. The van der Waals surface area contributed by atoms with E-state index in [4.69, 9.17) is 5.26 Å². The quantitative estimate of drug-likeness (QED) is 0.643. The molecule has 0 amide bonds. The van der Waals surface area contributed by atoms with Crippen LogP contribution in [0.25, 0.3) is 17.0 Å². The Labute approximate surface area is 87.5 Å². The van der Waals surface area contributed by atoms with Crippen molar-refractivity contribution in [2.24, 2.45) is 0 Å². The lowest BCUT2D eigenvalue weighted by atomic mass is 10.0. The number of benzene rings is 1. The molecule has 2 heteroatoms. The summed E-state index contributed by atoms with van der Waals surface area (Å²) >= 11 is 0. The van der Waals surface area contributed by atoms with Gasteiger partial charge in [0.2, 0.25) is 0 Å². The van der Waals surface area contributed by atoms with E-state index >= 15 is 0 Å². The van der Waals surface area contributed by atoms with E-state index in [1.165, 1.54) is 0 Å². The Balaban J connectivity index is 2.51. The van der Waals surface area contributed by atoms with E-state index < -0.39 is 0 Å². The van der Waals surface area contributed by atoms with Crippen molar-refractivity contribution in [3.63, 3.8) is 0 Å². The second-order valence-electron chi connectivity index (χ2n) is 3.59. The molecule has 1 aromatic carbocycles. The molecule has 15 heavy (non-hydrogen) atoms. The summed E-state index contributed by atoms with van der Waals surface area (Å²) in [6.45, 7) is 0. The van der Waals surface area contributed by atoms with Crippen molar-refractivity contribution in [3.05, 3.63) is 47.2 Å². The van der Waals surface area contributed by atoms with Crippen LogP contribution in [0.4, 0.5) is 0 Å². The third-order valence-corrected chi connectivity index (χ3v) is 2.75. The molecule has 0 bridgehead atoms. The Morgan fingerprint density at radius 3 is 3.00 bits per heavy atom. The summed E-state index contributed by atoms with van der Waals surface area (Å²) in [6, 6.07) is 10.1. The minimum Gasteiger partial charge on any atom is -0.237 e. The van der Waals surface area contributed by atoms with E-state index in [1.54, 1.807) is 0 Å². The average molecular weight is 192 g/mol. The molecule has 0 N–H and O–H groups in total. The van der Waals surface area contributed by atoms with Gasteiger partial charge in [0.15, 0.2) is 0 Å². The summed E-state index contributed by atoms with van der Waals surface area (Å²) in [7, 11) is 0. The van der Waals surface area contributed by atoms with Gasteiger partial charge in [-0.25, -0.2) is 4.98 Å². The Hall–Kier alpha value is -2.14. The molecule has 0 saturated heterocycles. The number of rotatable bonds is 0. The molecule has 0 spiro atoms. The normalized spacial score (nSPS) is 12.7. The molecule has 0 atom stereocenters. The third kappa shape index (κ3) is 1.07. The zero-order valence-electron chi connectivity index (χ0n) is 8.07. The summed E-state index contributed by atoms with van der Waals surface area (Å²) in [6.07, 6.45) is 5.00. The monoisotopic (exact) mass is 192 g/mol. The smallest absolute Gasteiger partial charge is 0.145 e. The molecule has 0 aliphatic heterocycles. The summed E-state index contributed by atoms with van der Waals surface area (Å²) in [5, 5.41) is 10.2. The number of nitriles is 1. The number of hydrogen-bond acceptors (Lipinski definition) is 2. The summed E-state index contributed by atoms with van der Waals surface area (Å²) < 4.78 is 0. The van der Waals surface area contributed by atoms with Gasteiger partial charge in [0.25, 0.3) is 0 Å². The highest BCUT2D eigenvalue weighted by molar-refractivity contribution is 5.91. The first-order valence-electron chi connectivity index (χ1n) is 4.88. The van der Waals surface area contributed by atoms with Crippen LogP contribution in [0.15, 0.2) is 30.3 Å². The summed E-state index contributed by atoms with van der Waals surface area (Å²) in [5.41, 5.74) is 3.70. The van der Waals surface area contributed by atoms with Crippen LogP contribution in [0.3, 0.4) is 0 Å². The van der Waals surface area contributed by atoms with Gasteiger partial charge in [-0.1, -0.05) is 30.4 Å². The van der Waals surface area contributed by atoms with Crippen LogP contribution in [-0.4, -0.2) is 4.98 Å². The largest absolute Gasteiger partial charge is 0.237 e. The molecular formula is C13H8N2. The molecule has 1 heterocycles. The topological polar surface area (TPSA) is 36.7 Å². The van der Waals surface area contributed by atoms with Gasteiger partial charge >= 0.3 is 0 Å². The van der Waals surface area contributed by atoms with Gasteiger partial charge in [0.05, 0.1) is 5.52 Å². The van der Waals surface area contributed by atoms with Crippen LogP contribution in [-0.2, 0) is 6.42 Å². The van der Waals surface area contributed by atoms with Crippen LogP contribution >= 0.6 is 0 Å². The van der Waals surface area contributed by atoms with Gasteiger partial charge in [-0.2, -0.15) is 5.26 Å². The molecule has 0 unspecified atom stereocenters. The fourth-order valence-electron chi connectivity index (χ4n) is 2.06. The molecule has 2 nitrogen and oxygen atoms in total. The van der Waals surface area contributed by atoms with Crippen molar-refractivity contribution in [1.82, 2.24) is 4.98 Å². The van der Waals surface area contributed by atoms with Gasteiger partial charge in [0, 0.05) is 10.9 Å². The van der Waals surface area contributed by atoms with Crippen molar-refractivity contribution in [3.8, 4) is 6.07 Å². The first-order chi connectivity index (χ1) is 7.40. The number of aromatic nitrogens is 1. The SMILES string of the molecule is N#Cc1nc2ccccc2c2c1CC=C2. The number of pyridine rings is 1. The molecule has 3 rings (SSSR count). The molecule has 0 saturated carbocycles. The standard InChI is InChI=1S/C13H8N2/c14-8-13-11-6-3-5-9(11)10-4-1-2-7-12(10)15-13/h1-5,7H,6H2. The Bertz CT molecular complexity index is 618. The Morgan fingerprint density at radius 1 is 1.27 bits per heavy atom. The molecule has 70 valence electrons. The van der Waals surface area contributed by atoms with Crippen molar-refractivity contribution in [1.29, 1.82) is 5.26 Å². The predicted molar refractivity (Wildman–Crippen MR) is 59.2 cm³/mol. The number of para-hydroxylation sites is 1. The first kappa shape index (κ1) is 8.19. The van der Waals surface area contributed by atoms with Crippen LogP contribution in [0.5, 0.6) is 0 Å². The maximum absolute atomic E-state index is 9.02. The van der Waals surface area contributed by atoms with Gasteiger partial charge < -0.3 is 0 Å². The zero-order valence-corrected chi connectivity index (χ0v) is 8.07. The minimum atomic E-state index is 0.564. The molecule has 0 fully saturated rings. The second kappa shape index (κ2) is 2.93. The molecular weight excluding hydrogens is 184 g/mol. The maximum atomic E-state index is 9.02. The fourth-order valence-corrected chi connectivity index (χ4v) is 2.06. The van der Waals surface area contributed by atoms with Crippen LogP contribution < -0.4 is 0 Å². The average Bonchev–Trinajstić information content (AvgIpc) is 2.77. The molecule has 1 aromatic heterocycles. The van der Waals surface area contributed by atoms with Crippen molar-refractivity contribution in [2.45, 2.75) is 6.42 Å². The molecule has 2 aromatic rings. The summed E-state index contributed by atoms with van der Waals surface area (Å²) in [4.78, 5) is 4.36. The number of nitrogens with zero attached hydrogens (tertiary/aromatic N) is 2. The van der Waals surface area contributed by atoms with Crippen LogP contribution in [0.2, 0.25) is 0 Å². The highest BCUT2D eigenvalue weighted by atomic mass is 14.7. The Kier molecular flexibility index (Phi) is 1.60. The highest BCUT2D eigenvalue weighted by Crippen LogP contribution is 2.28. The molecule has 0 radical (unpaired) electrons. The van der Waals surface area contributed by atoms with Crippen molar-refractivity contribution >= 4 is 17.0 Å². The number of hydrogen-bond donors (Lipinski definition) is 0.